The summed E-state index contributed by atoms with van der Waals surface area (Å²) < 4.78 is 6.62. The standard InChI is InChI=1S/C22H26BrN3O4/c1-22(2,3)18(25-21(28)29)11-4-6-12(7-5-11)19-24-16-14-10-13(23)8-9-15(14)30-17(16)20(27)26-19/h8-12,18,25H,4-7H2,1-3H3,(H,28,29)(H,24,26,27)/t11-,12-,18?. The third kappa shape index (κ3) is 3.97. The minimum absolute atomic E-state index is 0.111. The predicted octanol–water partition coefficient (Wildman–Crippen LogP) is 5.39. The predicted molar refractivity (Wildman–Crippen MR) is 119 cm³/mol. The number of furan rings is 1. The summed E-state index contributed by atoms with van der Waals surface area (Å²) in [4.78, 5) is 31.6. The molecule has 1 saturated carbocycles. The van der Waals surface area contributed by atoms with Gasteiger partial charge < -0.3 is 19.8 Å². The molecule has 2 aromatic heterocycles. The van der Waals surface area contributed by atoms with E-state index in [1.165, 1.54) is 0 Å². The molecule has 0 radical (unpaired) electrons. The lowest BCUT2D eigenvalue weighted by molar-refractivity contribution is 0.132. The van der Waals surface area contributed by atoms with Crippen LogP contribution in [0.1, 0.15) is 58.2 Å². The van der Waals surface area contributed by atoms with Crippen molar-refractivity contribution in [3.8, 4) is 0 Å². The summed E-state index contributed by atoms with van der Waals surface area (Å²) in [5.41, 5.74) is 1.06. The van der Waals surface area contributed by atoms with Crippen LogP contribution >= 0.6 is 15.9 Å². The number of H-pyrrole nitrogens is 1. The van der Waals surface area contributed by atoms with Crippen LogP contribution in [0.4, 0.5) is 4.79 Å². The molecule has 2 heterocycles. The van der Waals surface area contributed by atoms with E-state index < -0.39 is 6.09 Å². The number of fused-ring (bicyclic) bond motifs is 3. The van der Waals surface area contributed by atoms with E-state index in [1.54, 1.807) is 0 Å². The number of hydrogen-bond acceptors (Lipinski definition) is 4. The van der Waals surface area contributed by atoms with Crippen LogP contribution in [0.15, 0.2) is 31.9 Å². The summed E-state index contributed by atoms with van der Waals surface area (Å²) in [5, 5.41) is 12.8. The fraction of sp³-hybridized carbons (Fsp3) is 0.500. The Morgan fingerprint density at radius 3 is 2.63 bits per heavy atom. The van der Waals surface area contributed by atoms with Gasteiger partial charge in [-0.1, -0.05) is 36.7 Å². The zero-order chi connectivity index (χ0) is 21.6. The third-order valence-electron chi connectivity index (χ3n) is 6.15. The Hall–Kier alpha value is -2.35. The molecular formula is C22H26BrN3O4. The van der Waals surface area contributed by atoms with Crippen molar-refractivity contribution in [2.75, 3.05) is 0 Å². The largest absolute Gasteiger partial charge is 0.465 e. The molecule has 30 heavy (non-hydrogen) atoms. The molecule has 1 amide bonds. The van der Waals surface area contributed by atoms with Crippen molar-refractivity contribution in [1.29, 1.82) is 0 Å². The zero-order valence-corrected chi connectivity index (χ0v) is 18.9. The summed E-state index contributed by atoms with van der Waals surface area (Å²) in [5.74, 6) is 1.09. The summed E-state index contributed by atoms with van der Waals surface area (Å²) >= 11 is 3.47. The van der Waals surface area contributed by atoms with Gasteiger partial charge in [0.05, 0.1) is 0 Å². The molecule has 1 aliphatic carbocycles. The molecule has 1 aliphatic rings. The van der Waals surface area contributed by atoms with E-state index >= 15 is 0 Å². The van der Waals surface area contributed by atoms with Crippen molar-refractivity contribution in [2.45, 2.75) is 58.4 Å². The topological polar surface area (TPSA) is 108 Å². The van der Waals surface area contributed by atoms with Crippen molar-refractivity contribution in [3.05, 3.63) is 38.9 Å². The highest BCUT2D eigenvalue weighted by atomic mass is 79.9. The molecule has 0 aliphatic heterocycles. The average Bonchev–Trinajstić information content (AvgIpc) is 3.04. The molecule has 0 saturated heterocycles. The molecule has 8 heteroatoms. The van der Waals surface area contributed by atoms with E-state index in [4.69, 9.17) is 9.40 Å². The number of amides is 1. The quantitative estimate of drug-likeness (QED) is 0.470. The first-order valence-electron chi connectivity index (χ1n) is 10.2. The van der Waals surface area contributed by atoms with Crippen LogP contribution < -0.4 is 10.9 Å². The van der Waals surface area contributed by atoms with Crippen LogP contribution in [0.2, 0.25) is 0 Å². The van der Waals surface area contributed by atoms with Gasteiger partial charge >= 0.3 is 6.09 Å². The maximum atomic E-state index is 12.6. The molecule has 0 spiro atoms. The molecule has 1 aromatic carbocycles. The van der Waals surface area contributed by atoms with E-state index in [9.17, 15) is 14.7 Å². The molecule has 1 atom stereocenters. The van der Waals surface area contributed by atoms with Crippen molar-refractivity contribution < 1.29 is 14.3 Å². The van der Waals surface area contributed by atoms with E-state index in [0.29, 0.717) is 16.9 Å². The van der Waals surface area contributed by atoms with E-state index in [0.717, 1.165) is 35.5 Å². The first-order chi connectivity index (χ1) is 14.1. The number of aromatic amines is 1. The van der Waals surface area contributed by atoms with Gasteiger partial charge in [-0.15, -0.1) is 0 Å². The number of halogens is 1. The Morgan fingerprint density at radius 2 is 2.00 bits per heavy atom. The second kappa shape index (κ2) is 7.72. The van der Waals surface area contributed by atoms with E-state index in [-0.39, 0.29) is 34.4 Å². The van der Waals surface area contributed by atoms with Crippen LogP contribution in [-0.4, -0.2) is 27.2 Å². The Morgan fingerprint density at radius 1 is 1.30 bits per heavy atom. The lowest BCUT2D eigenvalue weighted by atomic mass is 9.70. The van der Waals surface area contributed by atoms with Crippen molar-refractivity contribution in [3.63, 3.8) is 0 Å². The van der Waals surface area contributed by atoms with Gasteiger partial charge in [-0.3, -0.25) is 4.79 Å². The molecule has 160 valence electrons. The maximum absolute atomic E-state index is 12.6. The number of aromatic nitrogens is 2. The highest BCUT2D eigenvalue weighted by Crippen LogP contribution is 2.40. The van der Waals surface area contributed by atoms with Crippen molar-refractivity contribution in [1.82, 2.24) is 15.3 Å². The number of benzene rings is 1. The Kier molecular flexibility index (Phi) is 5.38. The first-order valence-corrected chi connectivity index (χ1v) is 11.0. The number of nitrogens with one attached hydrogen (secondary N) is 2. The molecule has 0 bridgehead atoms. The van der Waals surface area contributed by atoms with E-state index in [2.05, 4.69) is 47.0 Å². The molecule has 4 rings (SSSR count). The Bertz CT molecular complexity index is 1150. The normalized spacial score (nSPS) is 21.1. The second-order valence-corrected chi connectivity index (χ2v) is 10.2. The van der Waals surface area contributed by atoms with Crippen molar-refractivity contribution in [2.24, 2.45) is 11.3 Å². The van der Waals surface area contributed by atoms with Crippen LogP contribution in [0, 0.1) is 11.3 Å². The van der Waals surface area contributed by atoms with Crippen LogP contribution in [0.3, 0.4) is 0 Å². The van der Waals surface area contributed by atoms with Gasteiger partial charge in [0, 0.05) is 21.8 Å². The highest BCUT2D eigenvalue weighted by molar-refractivity contribution is 9.10. The zero-order valence-electron chi connectivity index (χ0n) is 17.3. The molecule has 1 unspecified atom stereocenters. The van der Waals surface area contributed by atoms with Crippen molar-refractivity contribution >= 4 is 44.1 Å². The van der Waals surface area contributed by atoms with Gasteiger partial charge in [-0.2, -0.15) is 0 Å². The second-order valence-electron chi connectivity index (χ2n) is 9.28. The fourth-order valence-corrected chi connectivity index (χ4v) is 5.10. The Labute approximate surface area is 182 Å². The SMILES string of the molecule is CC(C)(C)C(NC(=O)O)[C@H]1CC[C@H](c2nc3c(oc4ccc(Br)cc43)c(=O)[nH]2)CC1. The third-order valence-corrected chi connectivity index (χ3v) is 6.64. The molecule has 7 nitrogen and oxygen atoms in total. The lowest BCUT2D eigenvalue weighted by Crippen LogP contribution is -2.49. The van der Waals surface area contributed by atoms with Gasteiger partial charge in [0.15, 0.2) is 0 Å². The van der Waals surface area contributed by atoms with E-state index in [1.807, 2.05) is 18.2 Å². The number of hydrogen-bond donors (Lipinski definition) is 3. The first kappa shape index (κ1) is 20.9. The monoisotopic (exact) mass is 475 g/mol. The van der Waals surface area contributed by atoms with Gasteiger partial charge in [0.25, 0.3) is 5.56 Å². The summed E-state index contributed by atoms with van der Waals surface area (Å²) in [7, 11) is 0. The summed E-state index contributed by atoms with van der Waals surface area (Å²) in [6.45, 7) is 6.19. The van der Waals surface area contributed by atoms with Gasteiger partial charge in [0.2, 0.25) is 5.58 Å². The summed E-state index contributed by atoms with van der Waals surface area (Å²) in [6, 6.07) is 5.51. The minimum atomic E-state index is -0.980. The minimum Gasteiger partial charge on any atom is -0.465 e. The van der Waals surface area contributed by atoms with Gasteiger partial charge in [0.1, 0.15) is 16.9 Å². The number of rotatable bonds is 3. The molecule has 3 N–H and O–H groups in total. The van der Waals surface area contributed by atoms with Crippen LogP contribution in [0.25, 0.3) is 22.1 Å². The summed E-state index contributed by atoms with van der Waals surface area (Å²) in [6.07, 6.45) is 2.49. The van der Waals surface area contributed by atoms with Crippen LogP contribution in [0.5, 0.6) is 0 Å². The average molecular weight is 476 g/mol. The maximum Gasteiger partial charge on any atom is 0.404 e. The molecule has 3 aromatic rings. The smallest absolute Gasteiger partial charge is 0.404 e. The van der Waals surface area contributed by atoms with Gasteiger partial charge in [-0.05, 0) is 55.2 Å². The molecular weight excluding hydrogens is 450 g/mol. The number of nitrogens with zero attached hydrogens (tertiary/aromatic N) is 1. The fourth-order valence-electron chi connectivity index (χ4n) is 4.74. The Balaban J connectivity index is 1.60. The highest BCUT2D eigenvalue weighted by Gasteiger charge is 2.36. The lowest BCUT2D eigenvalue weighted by Gasteiger charge is -2.40. The molecule has 1 fully saturated rings. The number of carboxylic acid groups (broad SMARTS) is 1. The van der Waals surface area contributed by atoms with Gasteiger partial charge in [-0.25, -0.2) is 9.78 Å². The number of carbonyl (C=O) groups is 1. The van der Waals surface area contributed by atoms with Crippen LogP contribution in [-0.2, 0) is 0 Å².